The zero-order valence-corrected chi connectivity index (χ0v) is 34.7. The van der Waals surface area contributed by atoms with Gasteiger partial charge in [0.15, 0.2) is 8.68 Å². The Balaban J connectivity index is 1.34. The molecule has 2 aliphatic rings. The molecule has 3 aromatic carbocycles. The highest BCUT2D eigenvalue weighted by molar-refractivity contribution is 8.05. The number of allylic oxidation sites excluding steroid dienone is 8. The number of hydrogen-bond acceptors (Lipinski definition) is 6. The number of anilines is 1. The fraction of sp³-hybridized carbons (Fsp3) is 0.319. The lowest BCUT2D eigenvalue weighted by Gasteiger charge is -2.28. The van der Waals surface area contributed by atoms with Crippen LogP contribution in [0, 0.1) is 6.92 Å². The normalized spacial score (nSPS) is 17.3. The minimum absolute atomic E-state index is 0.0773. The molecular formula is C47H53N3S3. The third-order valence-electron chi connectivity index (χ3n) is 10.7. The van der Waals surface area contributed by atoms with Gasteiger partial charge in [0.2, 0.25) is 0 Å². The van der Waals surface area contributed by atoms with Gasteiger partial charge < -0.3 is 4.90 Å². The molecular weight excluding hydrogens is 703 g/mol. The third-order valence-corrected chi connectivity index (χ3v) is 14.1. The summed E-state index contributed by atoms with van der Waals surface area (Å²) in [6.07, 6.45) is 16.8. The van der Waals surface area contributed by atoms with Crippen molar-refractivity contribution in [2.45, 2.75) is 98.9 Å². The van der Waals surface area contributed by atoms with Gasteiger partial charge in [-0.2, -0.15) is 0 Å². The number of unbranched alkanes of at least 4 members (excludes halogenated alkanes) is 1. The van der Waals surface area contributed by atoms with Crippen LogP contribution in [0.15, 0.2) is 146 Å². The molecule has 53 heavy (non-hydrogen) atoms. The van der Waals surface area contributed by atoms with Gasteiger partial charge in [0.05, 0.1) is 0 Å². The molecule has 0 atom stereocenters. The molecule has 3 nitrogen and oxygen atoms in total. The fourth-order valence-electron chi connectivity index (χ4n) is 7.37. The average molecular weight is 756 g/mol. The maximum absolute atomic E-state index is 4.71. The zero-order valence-electron chi connectivity index (χ0n) is 32.2. The fourth-order valence-corrected chi connectivity index (χ4v) is 10.6. The Bertz CT molecular complexity index is 2070. The van der Waals surface area contributed by atoms with Crippen molar-refractivity contribution in [1.29, 1.82) is 0 Å². The Morgan fingerprint density at radius 2 is 1.70 bits per heavy atom. The van der Waals surface area contributed by atoms with Crippen LogP contribution in [0.3, 0.4) is 0 Å². The maximum atomic E-state index is 4.71. The smallest absolute Gasteiger partial charge is 0.179 e. The van der Waals surface area contributed by atoms with Crippen molar-refractivity contribution in [2.75, 3.05) is 11.4 Å². The molecule has 6 heteroatoms. The summed E-state index contributed by atoms with van der Waals surface area (Å²) in [5.41, 5.74) is 12.7. The number of para-hydroxylation sites is 1. The molecule has 0 saturated heterocycles. The average Bonchev–Trinajstić information content (AvgIpc) is 3.70. The summed E-state index contributed by atoms with van der Waals surface area (Å²) in [5.74, 6) is 0.859. The number of aromatic nitrogens is 2. The Kier molecular flexibility index (Phi) is 12.5. The first-order chi connectivity index (χ1) is 25.5. The van der Waals surface area contributed by atoms with Gasteiger partial charge in [-0.1, -0.05) is 180 Å². The summed E-state index contributed by atoms with van der Waals surface area (Å²) in [7, 11) is 0. The van der Waals surface area contributed by atoms with Crippen molar-refractivity contribution in [3.63, 3.8) is 0 Å². The van der Waals surface area contributed by atoms with E-state index in [1.165, 1.54) is 56.1 Å². The Labute approximate surface area is 330 Å². The summed E-state index contributed by atoms with van der Waals surface area (Å²) in [4.78, 5) is 3.86. The molecule has 4 aromatic rings. The van der Waals surface area contributed by atoms with E-state index in [0.717, 1.165) is 57.8 Å². The third kappa shape index (κ3) is 8.77. The highest BCUT2D eigenvalue weighted by Gasteiger charge is 2.39. The van der Waals surface area contributed by atoms with Crippen LogP contribution in [0.1, 0.15) is 94.5 Å². The molecule has 0 amide bonds. The standard InChI is InChI=1S/C47H53N3S3/c1-9-11-31-50-41-22-15-14-21-40(41)47(7,8)42(50)30-29-38-19-16-18-37(28-23-34(4)46(5,6)39-20-13-12-17-33(39)3)43(38)52-45-49-48-44(53-45)51-32-36-26-24-35(10-2)25-27-36/h10,12-15,17,20-30H,2,4,9,11,16,18-19,31-32H2,1,3,5-8H3/b28-23+,38-29+,42-30+. The minimum atomic E-state index is -0.185. The number of hydrogen-bond donors (Lipinski definition) is 0. The maximum Gasteiger partial charge on any atom is 0.179 e. The van der Waals surface area contributed by atoms with E-state index in [4.69, 9.17) is 5.10 Å². The molecule has 0 saturated carbocycles. The first-order valence-electron chi connectivity index (χ1n) is 18.8. The number of nitrogens with zero attached hydrogens (tertiary/aromatic N) is 3. The number of thioether (sulfide) groups is 2. The van der Waals surface area contributed by atoms with E-state index < -0.39 is 0 Å². The molecule has 1 aromatic heterocycles. The van der Waals surface area contributed by atoms with Crippen LogP contribution in [-0.4, -0.2) is 16.7 Å². The lowest BCUT2D eigenvalue weighted by Crippen LogP contribution is -2.27. The van der Waals surface area contributed by atoms with E-state index in [2.05, 4.69) is 162 Å². The Morgan fingerprint density at radius 1 is 0.962 bits per heavy atom. The lowest BCUT2D eigenvalue weighted by molar-refractivity contribution is 0.624. The van der Waals surface area contributed by atoms with E-state index in [9.17, 15) is 0 Å². The van der Waals surface area contributed by atoms with Gasteiger partial charge >= 0.3 is 0 Å². The molecule has 0 spiro atoms. The van der Waals surface area contributed by atoms with E-state index in [0.29, 0.717) is 0 Å². The topological polar surface area (TPSA) is 29.0 Å². The van der Waals surface area contributed by atoms with Crippen LogP contribution in [0.4, 0.5) is 5.69 Å². The molecule has 1 aliphatic carbocycles. The van der Waals surface area contributed by atoms with Gasteiger partial charge in [0.1, 0.15) is 0 Å². The second-order valence-electron chi connectivity index (χ2n) is 15.1. The summed E-state index contributed by atoms with van der Waals surface area (Å²) in [6, 6.07) is 26.2. The van der Waals surface area contributed by atoms with Crippen LogP contribution in [0.5, 0.6) is 0 Å². The zero-order chi connectivity index (χ0) is 37.6. The largest absolute Gasteiger partial charge is 0.344 e. The molecule has 2 heterocycles. The van der Waals surface area contributed by atoms with Crippen molar-refractivity contribution >= 4 is 46.6 Å². The highest BCUT2D eigenvalue weighted by atomic mass is 32.2. The van der Waals surface area contributed by atoms with Gasteiger partial charge in [0, 0.05) is 39.4 Å². The van der Waals surface area contributed by atoms with Crippen molar-refractivity contribution in [3.05, 3.63) is 165 Å². The molecule has 0 N–H and O–H groups in total. The number of fused-ring (bicyclic) bond motifs is 1. The SMILES string of the molecule is C=Cc1ccc(CSc2nnc(SC3=C(/C=C/C(=C)C(C)(C)c4ccccc4C)CCC/C3=C\C=C3\N(CCCC)c4ccccc4C3(C)C)s2)cc1. The van der Waals surface area contributed by atoms with Crippen LogP contribution in [-0.2, 0) is 16.6 Å². The number of aryl methyl sites for hydroxylation is 1. The second-order valence-corrected chi connectivity index (χ2v) is 18.5. The molecule has 6 rings (SSSR count). The van der Waals surface area contributed by atoms with E-state index >= 15 is 0 Å². The van der Waals surface area contributed by atoms with Gasteiger partial charge in [-0.3, -0.25) is 0 Å². The summed E-state index contributed by atoms with van der Waals surface area (Å²) < 4.78 is 1.97. The van der Waals surface area contributed by atoms with Crippen LogP contribution in [0.2, 0.25) is 0 Å². The molecule has 1 aliphatic heterocycles. The van der Waals surface area contributed by atoms with Gasteiger partial charge in [-0.25, -0.2) is 0 Å². The Morgan fingerprint density at radius 3 is 2.45 bits per heavy atom. The summed E-state index contributed by atoms with van der Waals surface area (Å²) in [6.45, 7) is 23.3. The predicted molar refractivity (Wildman–Crippen MR) is 233 cm³/mol. The molecule has 274 valence electrons. The van der Waals surface area contributed by atoms with E-state index in [-0.39, 0.29) is 10.8 Å². The van der Waals surface area contributed by atoms with Gasteiger partial charge in [-0.15, -0.1) is 10.2 Å². The lowest BCUT2D eigenvalue weighted by atomic mass is 9.76. The molecule has 0 fully saturated rings. The van der Waals surface area contributed by atoms with Gasteiger partial charge in [-0.05, 0) is 89.3 Å². The number of benzene rings is 3. The second kappa shape index (κ2) is 17.1. The predicted octanol–water partition coefficient (Wildman–Crippen LogP) is 13.8. The van der Waals surface area contributed by atoms with Crippen molar-refractivity contribution in [2.24, 2.45) is 0 Å². The molecule has 0 radical (unpaired) electrons. The molecule has 0 unspecified atom stereocenters. The van der Waals surface area contributed by atoms with E-state index in [1.807, 2.05) is 6.08 Å². The first-order valence-corrected chi connectivity index (χ1v) is 21.5. The monoisotopic (exact) mass is 755 g/mol. The first kappa shape index (κ1) is 38.9. The van der Waals surface area contributed by atoms with Crippen molar-refractivity contribution < 1.29 is 0 Å². The Hall–Kier alpha value is -3.84. The van der Waals surface area contributed by atoms with Crippen molar-refractivity contribution in [1.82, 2.24) is 10.2 Å². The summed E-state index contributed by atoms with van der Waals surface area (Å²) in [5, 5.41) is 9.33. The minimum Gasteiger partial charge on any atom is -0.344 e. The van der Waals surface area contributed by atoms with Gasteiger partial charge in [0.25, 0.3) is 0 Å². The van der Waals surface area contributed by atoms with Crippen molar-refractivity contribution in [3.8, 4) is 0 Å². The quantitative estimate of drug-likeness (QED) is 0.0944. The summed E-state index contributed by atoms with van der Waals surface area (Å²) >= 11 is 5.22. The van der Waals surface area contributed by atoms with Crippen LogP contribution >= 0.6 is 34.9 Å². The molecule has 0 bridgehead atoms. The highest BCUT2D eigenvalue weighted by Crippen LogP contribution is 2.49. The van der Waals surface area contributed by atoms with E-state index in [1.54, 1.807) is 34.9 Å². The van der Waals surface area contributed by atoms with Crippen LogP contribution in [0.25, 0.3) is 6.08 Å². The van der Waals surface area contributed by atoms with Crippen LogP contribution < -0.4 is 4.90 Å². The number of rotatable bonds is 14.